The molecule has 2 aromatic rings. The number of hydrogen-bond acceptors (Lipinski definition) is 5. The predicted octanol–water partition coefficient (Wildman–Crippen LogP) is 2.22. The zero-order valence-electron chi connectivity index (χ0n) is 14.1. The van der Waals surface area contributed by atoms with E-state index in [1.807, 2.05) is 6.92 Å². The summed E-state index contributed by atoms with van der Waals surface area (Å²) in [5.74, 6) is 0.199. The average molecular weight is 351 g/mol. The lowest BCUT2D eigenvalue weighted by Gasteiger charge is -2.10. The Morgan fingerprint density at radius 3 is 2.50 bits per heavy atom. The van der Waals surface area contributed by atoms with E-state index in [0.29, 0.717) is 22.7 Å². The fourth-order valence-electron chi connectivity index (χ4n) is 2.34. The monoisotopic (exact) mass is 351 g/mol. The van der Waals surface area contributed by atoms with Crippen LogP contribution in [0.4, 0.5) is 5.69 Å². The van der Waals surface area contributed by atoms with Crippen molar-refractivity contribution in [2.45, 2.75) is 39.0 Å². The summed E-state index contributed by atoms with van der Waals surface area (Å²) < 4.78 is 32.0. The van der Waals surface area contributed by atoms with Crippen LogP contribution < -0.4 is 10.0 Å². The Morgan fingerprint density at radius 1 is 1.21 bits per heavy atom. The molecule has 1 heterocycles. The van der Waals surface area contributed by atoms with E-state index in [4.69, 9.17) is 4.52 Å². The molecule has 0 bridgehead atoms. The van der Waals surface area contributed by atoms with Crippen molar-refractivity contribution in [3.63, 3.8) is 0 Å². The molecule has 2 N–H and O–H groups in total. The second-order valence-electron chi connectivity index (χ2n) is 5.66. The van der Waals surface area contributed by atoms with Crippen LogP contribution in [0.1, 0.15) is 29.0 Å². The zero-order valence-corrected chi connectivity index (χ0v) is 15.0. The lowest BCUT2D eigenvalue weighted by atomic mass is 10.2. The molecule has 2 rings (SSSR count). The molecule has 0 aliphatic heterocycles. The molecular weight excluding hydrogens is 330 g/mol. The third kappa shape index (κ3) is 4.21. The molecule has 1 aromatic heterocycles. The van der Waals surface area contributed by atoms with E-state index in [-0.39, 0.29) is 23.8 Å². The third-order valence-corrected chi connectivity index (χ3v) is 5.18. The summed E-state index contributed by atoms with van der Waals surface area (Å²) in [5.41, 5.74) is 2.77. The molecule has 0 fully saturated rings. The number of nitrogens with one attached hydrogen (secondary N) is 2. The SMILES string of the molecule is Cc1ccc(S(=O)(=O)NCCC(=O)Nc2c(C)noc2C)c(C)c1. The van der Waals surface area contributed by atoms with Crippen LogP contribution in [0.25, 0.3) is 0 Å². The average Bonchev–Trinajstić information content (AvgIpc) is 2.78. The number of anilines is 1. The van der Waals surface area contributed by atoms with E-state index < -0.39 is 10.0 Å². The van der Waals surface area contributed by atoms with Gasteiger partial charge < -0.3 is 9.84 Å². The van der Waals surface area contributed by atoms with Crippen LogP contribution in [0, 0.1) is 27.7 Å². The molecule has 8 heteroatoms. The van der Waals surface area contributed by atoms with Crippen molar-refractivity contribution in [2.24, 2.45) is 0 Å². The molecule has 1 aromatic carbocycles. The molecule has 0 unspecified atom stereocenters. The van der Waals surface area contributed by atoms with E-state index in [1.165, 1.54) is 0 Å². The van der Waals surface area contributed by atoms with Crippen molar-refractivity contribution in [3.05, 3.63) is 40.8 Å². The predicted molar refractivity (Wildman–Crippen MR) is 90.3 cm³/mol. The van der Waals surface area contributed by atoms with Gasteiger partial charge in [-0.1, -0.05) is 22.9 Å². The maximum absolute atomic E-state index is 12.3. The standard InChI is InChI=1S/C16H21N3O4S/c1-10-5-6-14(11(2)9-10)24(21,22)17-8-7-15(20)18-16-12(3)19-23-13(16)4/h5-6,9,17H,7-8H2,1-4H3,(H,18,20). The first kappa shape index (κ1) is 18.2. The number of sulfonamides is 1. The Kier molecular flexibility index (Phi) is 5.40. The Hall–Kier alpha value is -2.19. The molecule has 24 heavy (non-hydrogen) atoms. The van der Waals surface area contributed by atoms with Gasteiger partial charge in [-0.25, -0.2) is 13.1 Å². The largest absolute Gasteiger partial charge is 0.359 e. The summed E-state index contributed by atoms with van der Waals surface area (Å²) in [4.78, 5) is 12.2. The maximum Gasteiger partial charge on any atom is 0.240 e. The summed E-state index contributed by atoms with van der Waals surface area (Å²) in [7, 11) is -3.64. The molecule has 0 saturated heterocycles. The first-order valence-corrected chi connectivity index (χ1v) is 8.98. The van der Waals surface area contributed by atoms with Gasteiger partial charge in [-0.2, -0.15) is 0 Å². The van der Waals surface area contributed by atoms with Crippen molar-refractivity contribution in [1.82, 2.24) is 9.88 Å². The highest BCUT2D eigenvalue weighted by Gasteiger charge is 2.17. The lowest BCUT2D eigenvalue weighted by Crippen LogP contribution is -2.28. The highest BCUT2D eigenvalue weighted by atomic mass is 32.2. The third-order valence-electron chi connectivity index (χ3n) is 3.56. The van der Waals surface area contributed by atoms with Gasteiger partial charge in [0.15, 0.2) is 5.76 Å². The van der Waals surface area contributed by atoms with Crippen molar-refractivity contribution in [2.75, 3.05) is 11.9 Å². The van der Waals surface area contributed by atoms with Crippen molar-refractivity contribution >= 4 is 21.6 Å². The second-order valence-corrected chi connectivity index (χ2v) is 7.40. The Balaban J connectivity index is 1.94. The molecule has 1 amide bonds. The molecule has 0 aliphatic carbocycles. The molecule has 7 nitrogen and oxygen atoms in total. The highest BCUT2D eigenvalue weighted by molar-refractivity contribution is 7.89. The van der Waals surface area contributed by atoms with Gasteiger partial charge in [0.1, 0.15) is 11.4 Å². The van der Waals surface area contributed by atoms with E-state index in [9.17, 15) is 13.2 Å². The van der Waals surface area contributed by atoms with Crippen LogP contribution in [0.3, 0.4) is 0 Å². The maximum atomic E-state index is 12.3. The topological polar surface area (TPSA) is 101 Å². The minimum atomic E-state index is -3.64. The molecule has 0 radical (unpaired) electrons. The number of nitrogens with zero attached hydrogens (tertiary/aromatic N) is 1. The molecule has 0 spiro atoms. The summed E-state index contributed by atoms with van der Waals surface area (Å²) >= 11 is 0. The normalized spacial score (nSPS) is 11.5. The number of carbonyl (C=O) groups is 1. The number of hydrogen-bond donors (Lipinski definition) is 2. The first-order valence-electron chi connectivity index (χ1n) is 7.50. The number of aromatic nitrogens is 1. The summed E-state index contributed by atoms with van der Waals surface area (Å²) in [6, 6.07) is 5.11. The fraction of sp³-hybridized carbons (Fsp3) is 0.375. The van der Waals surface area contributed by atoms with Gasteiger partial charge in [0.25, 0.3) is 0 Å². The number of benzene rings is 1. The lowest BCUT2D eigenvalue weighted by molar-refractivity contribution is -0.116. The minimum Gasteiger partial charge on any atom is -0.359 e. The van der Waals surface area contributed by atoms with Crippen LogP contribution in [0.5, 0.6) is 0 Å². The van der Waals surface area contributed by atoms with Crippen molar-refractivity contribution < 1.29 is 17.7 Å². The summed E-state index contributed by atoms with van der Waals surface area (Å²) in [6.07, 6.45) is 0.00813. The van der Waals surface area contributed by atoms with Crippen LogP contribution in [0.15, 0.2) is 27.6 Å². The van der Waals surface area contributed by atoms with Crippen LogP contribution in [0.2, 0.25) is 0 Å². The van der Waals surface area contributed by atoms with Gasteiger partial charge in [0.2, 0.25) is 15.9 Å². The van der Waals surface area contributed by atoms with Gasteiger partial charge in [-0.05, 0) is 39.3 Å². The molecular formula is C16H21N3O4S. The minimum absolute atomic E-state index is 0.00482. The Morgan fingerprint density at radius 2 is 1.92 bits per heavy atom. The van der Waals surface area contributed by atoms with Gasteiger partial charge in [0, 0.05) is 13.0 Å². The van der Waals surface area contributed by atoms with Crippen LogP contribution in [-0.2, 0) is 14.8 Å². The van der Waals surface area contributed by atoms with E-state index in [2.05, 4.69) is 15.2 Å². The highest BCUT2D eigenvalue weighted by Crippen LogP contribution is 2.19. The molecule has 130 valence electrons. The molecule has 0 atom stereocenters. The number of carbonyl (C=O) groups excluding carboxylic acids is 1. The number of rotatable bonds is 6. The quantitative estimate of drug-likeness (QED) is 0.831. The van der Waals surface area contributed by atoms with Crippen LogP contribution >= 0.6 is 0 Å². The van der Waals surface area contributed by atoms with Gasteiger partial charge >= 0.3 is 0 Å². The first-order chi connectivity index (χ1) is 11.2. The second kappa shape index (κ2) is 7.14. The Labute approximate surface area is 141 Å². The van der Waals surface area contributed by atoms with E-state index in [1.54, 1.807) is 39.0 Å². The van der Waals surface area contributed by atoms with E-state index >= 15 is 0 Å². The number of aryl methyl sites for hydroxylation is 4. The summed E-state index contributed by atoms with van der Waals surface area (Å²) in [5, 5.41) is 6.42. The Bertz CT molecular complexity index is 837. The van der Waals surface area contributed by atoms with E-state index in [0.717, 1.165) is 5.56 Å². The summed E-state index contributed by atoms with van der Waals surface area (Å²) in [6.45, 7) is 7.06. The van der Waals surface area contributed by atoms with Gasteiger partial charge in [-0.3, -0.25) is 4.79 Å². The number of amides is 1. The fourth-order valence-corrected chi connectivity index (χ4v) is 3.60. The van der Waals surface area contributed by atoms with Crippen molar-refractivity contribution in [1.29, 1.82) is 0 Å². The van der Waals surface area contributed by atoms with Crippen molar-refractivity contribution in [3.8, 4) is 0 Å². The molecule has 0 saturated carbocycles. The zero-order chi connectivity index (χ0) is 17.9. The van der Waals surface area contributed by atoms with Crippen LogP contribution in [-0.4, -0.2) is 26.0 Å². The van der Waals surface area contributed by atoms with Gasteiger partial charge in [-0.15, -0.1) is 0 Å². The van der Waals surface area contributed by atoms with Gasteiger partial charge in [0.05, 0.1) is 4.90 Å². The smallest absolute Gasteiger partial charge is 0.240 e. The molecule has 0 aliphatic rings.